The van der Waals surface area contributed by atoms with Gasteiger partial charge in [0.15, 0.2) is 0 Å². The molecule has 0 aliphatic carbocycles. The van der Waals surface area contributed by atoms with Crippen LogP contribution in [0.15, 0.2) is 9.98 Å². The van der Waals surface area contributed by atoms with Crippen molar-refractivity contribution in [1.82, 2.24) is 0 Å². The molecule has 120 valence electrons. The van der Waals surface area contributed by atoms with Crippen molar-refractivity contribution < 1.29 is 24.9 Å². The summed E-state index contributed by atoms with van der Waals surface area (Å²) in [6.45, 7) is 0.901. The van der Waals surface area contributed by atoms with Crippen molar-refractivity contribution in [1.29, 1.82) is 0 Å². The van der Waals surface area contributed by atoms with E-state index in [4.69, 9.17) is 0 Å². The highest BCUT2D eigenvalue weighted by molar-refractivity contribution is 5.36. The average Bonchev–Trinajstić information content (AvgIpc) is 2.51. The molecule has 0 saturated heterocycles. The van der Waals surface area contributed by atoms with E-state index >= 15 is 0 Å². The molecule has 0 bridgehead atoms. The lowest BCUT2D eigenvalue weighted by Gasteiger charge is -2.44. The second kappa shape index (κ2) is 10.4. The first-order chi connectivity index (χ1) is 10.1. The minimum absolute atomic E-state index is 0.313. The molecular formula is C14H24N2O5. The normalized spacial score (nSPS) is 13.9. The maximum absolute atomic E-state index is 10.7. The molecule has 0 aromatic carbocycles. The number of aliphatic imine (C=N–C) groups is 2. The molecule has 0 amide bonds. The topological polar surface area (TPSA) is 120 Å². The molecule has 7 heteroatoms. The van der Waals surface area contributed by atoms with Gasteiger partial charge in [-0.15, -0.1) is 0 Å². The Balaban J connectivity index is 5.25. The van der Waals surface area contributed by atoms with Crippen LogP contribution in [0.5, 0.6) is 0 Å². The lowest BCUT2D eigenvalue weighted by atomic mass is 9.66. The van der Waals surface area contributed by atoms with E-state index in [-0.39, 0.29) is 0 Å². The average molecular weight is 300 g/mol. The summed E-state index contributed by atoms with van der Waals surface area (Å²) in [6, 6.07) is 0. The van der Waals surface area contributed by atoms with Crippen LogP contribution in [0.3, 0.4) is 0 Å². The molecule has 0 aliphatic heterocycles. The van der Waals surface area contributed by atoms with Gasteiger partial charge in [0, 0.05) is 5.41 Å². The summed E-state index contributed by atoms with van der Waals surface area (Å²) < 4.78 is 0. The van der Waals surface area contributed by atoms with Gasteiger partial charge in [-0.25, -0.2) is 14.6 Å². The van der Waals surface area contributed by atoms with Gasteiger partial charge >= 0.3 is 0 Å². The van der Waals surface area contributed by atoms with Gasteiger partial charge < -0.3 is 15.3 Å². The molecule has 0 rings (SSSR count). The zero-order valence-electron chi connectivity index (χ0n) is 12.4. The third-order valence-electron chi connectivity index (χ3n) is 4.02. The molecule has 0 heterocycles. The molecule has 0 aromatic heterocycles. The summed E-state index contributed by atoms with van der Waals surface area (Å²) in [7, 11) is 0. The third kappa shape index (κ3) is 4.84. The first kappa shape index (κ1) is 19.6. The number of hydrogen-bond donors (Lipinski definition) is 3. The van der Waals surface area contributed by atoms with Crippen molar-refractivity contribution >= 4 is 12.2 Å². The van der Waals surface area contributed by atoms with E-state index in [1.54, 1.807) is 0 Å². The zero-order valence-corrected chi connectivity index (χ0v) is 12.4. The lowest BCUT2D eigenvalue weighted by molar-refractivity contribution is -0.0462. The Hall–Kier alpha value is -1.36. The number of carbonyl (C=O) groups excluding carboxylic acids is 2. The summed E-state index contributed by atoms with van der Waals surface area (Å²) >= 11 is 0. The van der Waals surface area contributed by atoms with Crippen LogP contribution in [0.1, 0.15) is 39.0 Å². The summed E-state index contributed by atoms with van der Waals surface area (Å²) in [6.07, 6.45) is 5.36. The Morgan fingerprint density at radius 2 is 1.62 bits per heavy atom. The summed E-state index contributed by atoms with van der Waals surface area (Å²) in [5.74, 6) is 0. The van der Waals surface area contributed by atoms with E-state index in [0.717, 1.165) is 0 Å². The zero-order chi connectivity index (χ0) is 16.2. The van der Waals surface area contributed by atoms with E-state index in [2.05, 4.69) is 9.98 Å². The molecule has 1 atom stereocenters. The van der Waals surface area contributed by atoms with E-state index < -0.39 is 30.8 Å². The summed E-state index contributed by atoms with van der Waals surface area (Å²) in [4.78, 5) is 27.9. The van der Waals surface area contributed by atoms with Crippen molar-refractivity contribution in [3.63, 3.8) is 0 Å². The fourth-order valence-corrected chi connectivity index (χ4v) is 2.66. The number of nitrogens with zero attached hydrogens (tertiary/aromatic N) is 2. The Morgan fingerprint density at radius 1 is 0.952 bits per heavy atom. The number of aliphatic hydroxyl groups excluding tert-OH is 3. The van der Waals surface area contributed by atoms with Gasteiger partial charge in [-0.1, -0.05) is 19.8 Å². The van der Waals surface area contributed by atoms with Crippen LogP contribution >= 0.6 is 0 Å². The van der Waals surface area contributed by atoms with Crippen molar-refractivity contribution in [2.45, 2.75) is 44.6 Å². The number of aliphatic hydroxyl groups is 3. The number of unbranched alkanes of at least 4 members (excludes halogenated alkanes) is 1. The van der Waals surface area contributed by atoms with E-state index in [1.165, 1.54) is 12.2 Å². The van der Waals surface area contributed by atoms with Crippen LogP contribution in [-0.4, -0.2) is 59.4 Å². The molecule has 7 nitrogen and oxygen atoms in total. The highest BCUT2D eigenvalue weighted by Gasteiger charge is 2.50. The van der Waals surface area contributed by atoms with Crippen molar-refractivity contribution in [2.75, 3.05) is 26.4 Å². The first-order valence-electron chi connectivity index (χ1n) is 7.07. The van der Waals surface area contributed by atoms with E-state index in [0.29, 0.717) is 38.6 Å². The first-order valence-corrected chi connectivity index (χ1v) is 7.07. The number of isocyanates is 2. The van der Waals surface area contributed by atoms with Gasteiger partial charge in [0.05, 0.1) is 26.4 Å². The van der Waals surface area contributed by atoms with Crippen LogP contribution in [0.25, 0.3) is 0 Å². The number of hydrogen-bond acceptors (Lipinski definition) is 7. The van der Waals surface area contributed by atoms with Gasteiger partial charge in [0.2, 0.25) is 12.2 Å². The molecule has 0 radical (unpaired) electrons. The smallest absolute Gasteiger partial charge is 0.235 e. The monoisotopic (exact) mass is 300 g/mol. The van der Waals surface area contributed by atoms with Crippen LogP contribution in [0.2, 0.25) is 0 Å². The Kier molecular flexibility index (Phi) is 9.71. The van der Waals surface area contributed by atoms with Gasteiger partial charge in [-0.05, 0) is 19.3 Å². The molecule has 0 saturated carbocycles. The molecule has 0 spiro atoms. The maximum Gasteiger partial charge on any atom is 0.235 e. The van der Waals surface area contributed by atoms with Crippen LogP contribution in [0.4, 0.5) is 0 Å². The van der Waals surface area contributed by atoms with E-state index in [1.807, 2.05) is 6.92 Å². The SMILES string of the molecule is CCCC(CO)(N=C=O)C(CO)(CO)CCCCN=C=O. The molecule has 1 unspecified atom stereocenters. The Bertz CT molecular complexity index is 385. The molecule has 0 aliphatic rings. The second-order valence-corrected chi connectivity index (χ2v) is 5.17. The third-order valence-corrected chi connectivity index (χ3v) is 4.02. The minimum atomic E-state index is -1.25. The predicted octanol–water partition coefficient (Wildman–Crippen LogP) is 0.330. The fourth-order valence-electron chi connectivity index (χ4n) is 2.66. The van der Waals surface area contributed by atoms with Gasteiger partial charge in [0.1, 0.15) is 5.54 Å². The van der Waals surface area contributed by atoms with Crippen LogP contribution in [0, 0.1) is 5.41 Å². The van der Waals surface area contributed by atoms with Crippen molar-refractivity contribution in [3.8, 4) is 0 Å². The van der Waals surface area contributed by atoms with E-state index in [9.17, 15) is 24.9 Å². The Morgan fingerprint density at radius 3 is 2.05 bits per heavy atom. The minimum Gasteiger partial charge on any atom is -0.396 e. The quantitative estimate of drug-likeness (QED) is 0.272. The molecule has 0 aromatic rings. The van der Waals surface area contributed by atoms with Crippen LogP contribution < -0.4 is 0 Å². The molecule has 21 heavy (non-hydrogen) atoms. The van der Waals surface area contributed by atoms with Crippen molar-refractivity contribution in [3.05, 3.63) is 0 Å². The highest BCUT2D eigenvalue weighted by atomic mass is 16.3. The molecule has 0 fully saturated rings. The van der Waals surface area contributed by atoms with Gasteiger partial charge in [-0.3, -0.25) is 0 Å². The lowest BCUT2D eigenvalue weighted by Crippen LogP contribution is -2.54. The van der Waals surface area contributed by atoms with Crippen LogP contribution in [-0.2, 0) is 9.59 Å². The molecular weight excluding hydrogens is 276 g/mol. The second-order valence-electron chi connectivity index (χ2n) is 5.17. The number of rotatable bonds is 12. The summed E-state index contributed by atoms with van der Waals surface area (Å²) in [5, 5.41) is 29.2. The largest absolute Gasteiger partial charge is 0.396 e. The van der Waals surface area contributed by atoms with Crippen molar-refractivity contribution in [2.24, 2.45) is 15.4 Å². The summed E-state index contributed by atoms with van der Waals surface area (Å²) in [5.41, 5.74) is -2.36. The Labute approximate surface area is 124 Å². The van der Waals surface area contributed by atoms with Gasteiger partial charge in [0.25, 0.3) is 0 Å². The maximum atomic E-state index is 10.7. The highest BCUT2D eigenvalue weighted by Crippen LogP contribution is 2.42. The standard InChI is InChI=1S/C14H24N2O5/c1-2-5-14(10-19,16-12-21)13(8-17,9-18)6-3-4-7-15-11-20/h17-19H,2-10H2,1H3. The fraction of sp³-hybridized carbons (Fsp3) is 0.857. The predicted molar refractivity (Wildman–Crippen MR) is 76.3 cm³/mol. The van der Waals surface area contributed by atoms with Gasteiger partial charge in [-0.2, -0.15) is 4.99 Å². The molecule has 3 N–H and O–H groups in total.